The van der Waals surface area contributed by atoms with Crippen LogP contribution in [0.3, 0.4) is 0 Å². The molecule has 1 fully saturated rings. The molecule has 1 unspecified atom stereocenters. The Labute approximate surface area is 108 Å². The lowest BCUT2D eigenvalue weighted by Gasteiger charge is -2.09. The molecule has 0 radical (unpaired) electrons. The second-order valence-electron chi connectivity index (χ2n) is 4.71. The average molecular weight is 251 g/mol. The summed E-state index contributed by atoms with van der Waals surface area (Å²) in [6, 6.07) is 2.38. The number of amides is 2. The van der Waals surface area contributed by atoms with E-state index in [-0.39, 0.29) is 11.8 Å². The first-order valence-corrected chi connectivity index (χ1v) is 6.64. The van der Waals surface area contributed by atoms with Gasteiger partial charge in [-0.3, -0.25) is 9.59 Å². The van der Waals surface area contributed by atoms with Crippen molar-refractivity contribution in [3.8, 4) is 6.07 Å². The van der Waals surface area contributed by atoms with E-state index in [0.29, 0.717) is 31.8 Å². The molecule has 0 spiro atoms. The maximum Gasteiger partial charge on any atom is 0.237 e. The van der Waals surface area contributed by atoms with Gasteiger partial charge in [0.25, 0.3) is 0 Å². The quantitative estimate of drug-likeness (QED) is 0.634. The Kier molecular flexibility index (Phi) is 6.20. The molecule has 1 rings (SSSR count). The Balaban J connectivity index is 2.07. The molecule has 0 saturated heterocycles. The van der Waals surface area contributed by atoms with Gasteiger partial charge in [0.05, 0.1) is 6.07 Å². The molecule has 1 saturated carbocycles. The van der Waals surface area contributed by atoms with Crippen molar-refractivity contribution in [2.45, 2.75) is 51.5 Å². The standard InChI is InChI=1S/C13H21N3O2/c1-2-4-10(9-14)13(18)15-8-3-5-12(17)16-11-6-7-11/h10-11H,2-8H2,1H3,(H,15,18)(H,16,17). The first kappa shape index (κ1) is 14.5. The van der Waals surface area contributed by atoms with E-state index in [1.807, 2.05) is 13.0 Å². The molecule has 2 N–H and O–H groups in total. The van der Waals surface area contributed by atoms with E-state index in [0.717, 1.165) is 19.3 Å². The van der Waals surface area contributed by atoms with Gasteiger partial charge in [-0.25, -0.2) is 0 Å². The van der Waals surface area contributed by atoms with Gasteiger partial charge < -0.3 is 10.6 Å². The van der Waals surface area contributed by atoms with Gasteiger partial charge >= 0.3 is 0 Å². The molecule has 1 aliphatic carbocycles. The fourth-order valence-electron chi connectivity index (χ4n) is 1.65. The molecule has 0 heterocycles. The summed E-state index contributed by atoms with van der Waals surface area (Å²) in [5, 5.41) is 14.4. The first-order chi connectivity index (χ1) is 8.67. The minimum atomic E-state index is -0.560. The maximum absolute atomic E-state index is 11.6. The fourth-order valence-corrected chi connectivity index (χ4v) is 1.65. The third-order valence-corrected chi connectivity index (χ3v) is 2.87. The number of rotatable bonds is 8. The number of carbonyl (C=O) groups excluding carboxylic acids is 2. The Morgan fingerprint density at radius 1 is 1.44 bits per heavy atom. The molecule has 5 nitrogen and oxygen atoms in total. The van der Waals surface area contributed by atoms with E-state index in [1.165, 1.54) is 0 Å². The lowest BCUT2D eigenvalue weighted by molar-refractivity contribution is -0.124. The van der Waals surface area contributed by atoms with E-state index >= 15 is 0 Å². The average Bonchev–Trinajstić information content (AvgIpc) is 3.15. The van der Waals surface area contributed by atoms with Gasteiger partial charge in [0, 0.05) is 19.0 Å². The van der Waals surface area contributed by atoms with Crippen molar-refractivity contribution in [3.05, 3.63) is 0 Å². The van der Waals surface area contributed by atoms with Crippen molar-refractivity contribution in [1.29, 1.82) is 5.26 Å². The number of nitrogens with zero attached hydrogens (tertiary/aromatic N) is 1. The summed E-state index contributed by atoms with van der Waals surface area (Å²) in [6.45, 7) is 2.40. The van der Waals surface area contributed by atoms with Crippen LogP contribution in [-0.2, 0) is 9.59 Å². The van der Waals surface area contributed by atoms with Crippen LogP contribution in [0.4, 0.5) is 0 Å². The highest BCUT2D eigenvalue weighted by Gasteiger charge is 2.22. The van der Waals surface area contributed by atoms with Crippen LogP contribution >= 0.6 is 0 Å². The molecule has 0 aromatic carbocycles. The van der Waals surface area contributed by atoms with Crippen LogP contribution in [0.25, 0.3) is 0 Å². The van der Waals surface area contributed by atoms with Crippen LogP contribution < -0.4 is 10.6 Å². The monoisotopic (exact) mass is 251 g/mol. The van der Waals surface area contributed by atoms with Crippen LogP contribution in [-0.4, -0.2) is 24.4 Å². The molecule has 1 atom stereocenters. The molecule has 0 bridgehead atoms. The van der Waals surface area contributed by atoms with Crippen LogP contribution in [0, 0.1) is 17.2 Å². The van der Waals surface area contributed by atoms with Crippen molar-refractivity contribution in [2.75, 3.05) is 6.54 Å². The van der Waals surface area contributed by atoms with Gasteiger partial charge in [-0.05, 0) is 25.7 Å². The maximum atomic E-state index is 11.6. The highest BCUT2D eigenvalue weighted by atomic mass is 16.2. The van der Waals surface area contributed by atoms with Gasteiger partial charge in [-0.1, -0.05) is 13.3 Å². The summed E-state index contributed by atoms with van der Waals surface area (Å²) in [5.74, 6) is -0.727. The predicted molar refractivity (Wildman–Crippen MR) is 67.4 cm³/mol. The summed E-state index contributed by atoms with van der Waals surface area (Å²) in [7, 11) is 0. The van der Waals surface area contributed by atoms with Crippen molar-refractivity contribution >= 4 is 11.8 Å². The number of carbonyl (C=O) groups is 2. The number of hydrogen-bond donors (Lipinski definition) is 2. The van der Waals surface area contributed by atoms with Gasteiger partial charge in [-0.2, -0.15) is 5.26 Å². The van der Waals surface area contributed by atoms with E-state index < -0.39 is 5.92 Å². The van der Waals surface area contributed by atoms with Gasteiger partial charge in [0.1, 0.15) is 5.92 Å². The topological polar surface area (TPSA) is 82.0 Å². The molecule has 100 valence electrons. The van der Waals surface area contributed by atoms with Crippen molar-refractivity contribution in [1.82, 2.24) is 10.6 Å². The molecule has 0 aromatic heterocycles. The summed E-state index contributed by atoms with van der Waals surface area (Å²) in [4.78, 5) is 22.9. The number of hydrogen-bond acceptors (Lipinski definition) is 3. The van der Waals surface area contributed by atoms with Crippen LogP contribution in [0.2, 0.25) is 0 Å². The lowest BCUT2D eigenvalue weighted by atomic mass is 10.1. The number of nitriles is 1. The summed E-state index contributed by atoms with van der Waals surface area (Å²) in [6.07, 6.45) is 4.63. The predicted octanol–water partition coefficient (Wildman–Crippen LogP) is 1.10. The zero-order valence-corrected chi connectivity index (χ0v) is 10.9. The molecule has 2 amide bonds. The molecule has 0 aromatic rings. The number of nitrogens with one attached hydrogen (secondary N) is 2. The van der Waals surface area contributed by atoms with Crippen LogP contribution in [0.15, 0.2) is 0 Å². The van der Waals surface area contributed by atoms with Crippen molar-refractivity contribution in [3.63, 3.8) is 0 Å². The lowest BCUT2D eigenvalue weighted by Crippen LogP contribution is -2.32. The molecular weight excluding hydrogens is 230 g/mol. The van der Waals surface area contributed by atoms with E-state index in [2.05, 4.69) is 10.6 Å². The molecule has 1 aliphatic rings. The largest absolute Gasteiger partial charge is 0.355 e. The third kappa shape index (κ3) is 5.67. The summed E-state index contributed by atoms with van der Waals surface area (Å²) in [5.41, 5.74) is 0. The molecule has 18 heavy (non-hydrogen) atoms. The second-order valence-corrected chi connectivity index (χ2v) is 4.71. The van der Waals surface area contributed by atoms with Gasteiger partial charge in [-0.15, -0.1) is 0 Å². The highest BCUT2D eigenvalue weighted by molar-refractivity contribution is 5.81. The first-order valence-electron chi connectivity index (χ1n) is 6.64. The van der Waals surface area contributed by atoms with Crippen LogP contribution in [0.5, 0.6) is 0 Å². The zero-order valence-electron chi connectivity index (χ0n) is 10.9. The van der Waals surface area contributed by atoms with Gasteiger partial charge in [0.2, 0.25) is 11.8 Å². The Bertz CT molecular complexity index is 332. The minimum absolute atomic E-state index is 0.0529. The Morgan fingerprint density at radius 2 is 2.17 bits per heavy atom. The normalized spacial score (nSPS) is 15.6. The second kappa shape index (κ2) is 7.70. The summed E-state index contributed by atoms with van der Waals surface area (Å²) < 4.78 is 0. The van der Waals surface area contributed by atoms with Gasteiger partial charge in [0.15, 0.2) is 0 Å². The fraction of sp³-hybridized carbons (Fsp3) is 0.769. The summed E-state index contributed by atoms with van der Waals surface area (Å²) >= 11 is 0. The zero-order chi connectivity index (χ0) is 13.4. The molecule has 0 aliphatic heterocycles. The smallest absolute Gasteiger partial charge is 0.237 e. The van der Waals surface area contributed by atoms with Crippen LogP contribution in [0.1, 0.15) is 45.4 Å². The Hall–Kier alpha value is -1.57. The molecular formula is C13H21N3O2. The highest BCUT2D eigenvalue weighted by Crippen LogP contribution is 2.18. The van der Waals surface area contributed by atoms with E-state index in [4.69, 9.17) is 5.26 Å². The van der Waals surface area contributed by atoms with E-state index in [9.17, 15) is 9.59 Å². The van der Waals surface area contributed by atoms with E-state index in [1.54, 1.807) is 0 Å². The van der Waals surface area contributed by atoms with Crippen molar-refractivity contribution in [2.24, 2.45) is 5.92 Å². The Morgan fingerprint density at radius 3 is 2.72 bits per heavy atom. The SMILES string of the molecule is CCCC(C#N)C(=O)NCCCC(=O)NC1CC1. The third-order valence-electron chi connectivity index (χ3n) is 2.87. The van der Waals surface area contributed by atoms with Crippen molar-refractivity contribution < 1.29 is 9.59 Å². The molecule has 5 heteroatoms. The minimum Gasteiger partial charge on any atom is -0.355 e.